The van der Waals surface area contributed by atoms with E-state index in [0.717, 1.165) is 25.6 Å². The van der Waals surface area contributed by atoms with Gasteiger partial charge in [-0.05, 0) is 55.1 Å². The third-order valence-corrected chi connectivity index (χ3v) is 4.19. The van der Waals surface area contributed by atoms with Crippen LogP contribution in [-0.4, -0.2) is 24.5 Å². The van der Waals surface area contributed by atoms with Gasteiger partial charge in [0.15, 0.2) is 0 Å². The molecule has 0 radical (unpaired) electrons. The topological polar surface area (TPSA) is 29.3 Å². The zero-order valence-corrected chi connectivity index (χ0v) is 12.0. The highest BCUT2D eigenvalue weighted by atomic mass is 19.4. The van der Waals surface area contributed by atoms with Crippen LogP contribution in [0.15, 0.2) is 18.2 Å². The van der Waals surface area contributed by atoms with Crippen molar-refractivity contribution < 1.29 is 17.6 Å². The minimum atomic E-state index is -4.52. The van der Waals surface area contributed by atoms with Crippen molar-refractivity contribution in [1.29, 1.82) is 0 Å². The molecule has 2 nitrogen and oxygen atoms in total. The largest absolute Gasteiger partial charge is 0.416 e. The van der Waals surface area contributed by atoms with Crippen LogP contribution < -0.4 is 5.73 Å². The van der Waals surface area contributed by atoms with Crippen molar-refractivity contribution in [3.05, 3.63) is 35.1 Å². The van der Waals surface area contributed by atoms with Crippen LogP contribution in [0.2, 0.25) is 0 Å². The van der Waals surface area contributed by atoms with E-state index in [1.807, 2.05) is 4.90 Å². The Morgan fingerprint density at radius 3 is 2.62 bits per heavy atom. The van der Waals surface area contributed by atoms with E-state index in [4.69, 9.17) is 5.73 Å². The van der Waals surface area contributed by atoms with Crippen LogP contribution in [0.4, 0.5) is 17.6 Å². The van der Waals surface area contributed by atoms with Gasteiger partial charge in [0.25, 0.3) is 0 Å². The summed E-state index contributed by atoms with van der Waals surface area (Å²) in [5, 5.41) is 0. The van der Waals surface area contributed by atoms with Crippen LogP contribution >= 0.6 is 0 Å². The molecule has 1 aromatic carbocycles. The molecule has 2 rings (SSSR count). The molecule has 0 amide bonds. The number of hydrogen-bond donors (Lipinski definition) is 1. The fraction of sp³-hybridized carbons (Fsp3) is 0.600. The van der Waals surface area contributed by atoms with Crippen molar-refractivity contribution in [1.82, 2.24) is 4.90 Å². The molecule has 2 unspecified atom stereocenters. The zero-order valence-electron chi connectivity index (χ0n) is 12.0. The Morgan fingerprint density at radius 2 is 2.00 bits per heavy atom. The fourth-order valence-electron chi connectivity index (χ4n) is 2.84. The Labute approximate surface area is 121 Å². The number of likely N-dealkylation sites (tertiary alicyclic amines) is 1. The third-order valence-electron chi connectivity index (χ3n) is 4.19. The number of nitrogens with zero attached hydrogens (tertiary/aromatic N) is 1. The first-order chi connectivity index (χ1) is 9.79. The van der Waals surface area contributed by atoms with E-state index in [0.29, 0.717) is 36.6 Å². The predicted molar refractivity (Wildman–Crippen MR) is 73.0 cm³/mol. The third kappa shape index (κ3) is 4.17. The van der Waals surface area contributed by atoms with Gasteiger partial charge in [0, 0.05) is 13.1 Å². The summed E-state index contributed by atoms with van der Waals surface area (Å²) in [6.45, 7) is 4.57. The summed E-state index contributed by atoms with van der Waals surface area (Å²) in [6, 6.07) is 2.73. The summed E-state index contributed by atoms with van der Waals surface area (Å²) in [4.78, 5) is 2.05. The number of rotatable bonds is 3. The highest BCUT2D eigenvalue weighted by Gasteiger charge is 2.32. The van der Waals surface area contributed by atoms with Crippen LogP contribution in [0, 0.1) is 17.7 Å². The average Bonchev–Trinajstić information content (AvgIpc) is 2.39. The highest BCUT2D eigenvalue weighted by molar-refractivity contribution is 5.26. The maximum absolute atomic E-state index is 13.4. The van der Waals surface area contributed by atoms with Crippen molar-refractivity contribution in [2.45, 2.75) is 26.1 Å². The molecule has 2 atom stereocenters. The van der Waals surface area contributed by atoms with E-state index in [2.05, 4.69) is 6.92 Å². The normalized spacial score (nSPS) is 24.3. The zero-order chi connectivity index (χ0) is 15.6. The molecule has 1 fully saturated rings. The summed E-state index contributed by atoms with van der Waals surface area (Å²) in [5.41, 5.74) is 5.14. The molecule has 1 aromatic rings. The lowest BCUT2D eigenvalue weighted by atomic mass is 9.87. The van der Waals surface area contributed by atoms with Gasteiger partial charge in [0.05, 0.1) is 5.56 Å². The summed E-state index contributed by atoms with van der Waals surface area (Å²) < 4.78 is 51.5. The molecule has 2 N–H and O–H groups in total. The number of piperidine rings is 1. The van der Waals surface area contributed by atoms with Gasteiger partial charge in [-0.3, -0.25) is 4.90 Å². The predicted octanol–water partition coefficient (Wildman–Crippen LogP) is 3.26. The maximum Gasteiger partial charge on any atom is 0.416 e. The summed E-state index contributed by atoms with van der Waals surface area (Å²) in [7, 11) is 0. The molecule has 1 saturated heterocycles. The molecule has 0 saturated carbocycles. The van der Waals surface area contributed by atoms with Crippen LogP contribution in [0.1, 0.15) is 24.5 Å². The first kappa shape index (κ1) is 16.2. The highest BCUT2D eigenvalue weighted by Crippen LogP contribution is 2.31. The molecule has 0 bridgehead atoms. The fourth-order valence-corrected chi connectivity index (χ4v) is 2.84. The van der Waals surface area contributed by atoms with E-state index >= 15 is 0 Å². The van der Waals surface area contributed by atoms with E-state index < -0.39 is 17.6 Å². The van der Waals surface area contributed by atoms with Gasteiger partial charge in [-0.25, -0.2) is 4.39 Å². The standard InChI is InChI=1S/C15H20F4N2/c1-10-2-3-21(9-12(10)7-20)8-11-4-13(15(17,18)19)6-14(16)5-11/h4-6,10,12H,2-3,7-9,20H2,1H3. The monoisotopic (exact) mass is 304 g/mol. The second-order valence-corrected chi connectivity index (χ2v) is 5.84. The maximum atomic E-state index is 13.4. The molecule has 1 aliphatic heterocycles. The molecule has 1 heterocycles. The second kappa shape index (κ2) is 6.32. The Morgan fingerprint density at radius 1 is 1.29 bits per heavy atom. The number of nitrogens with two attached hydrogens (primary N) is 1. The second-order valence-electron chi connectivity index (χ2n) is 5.84. The molecular weight excluding hydrogens is 284 g/mol. The van der Waals surface area contributed by atoms with Crippen LogP contribution in [0.5, 0.6) is 0 Å². The minimum Gasteiger partial charge on any atom is -0.330 e. The Kier molecular flexibility index (Phi) is 4.88. The Balaban J connectivity index is 2.11. The van der Waals surface area contributed by atoms with E-state index in [-0.39, 0.29) is 0 Å². The number of benzene rings is 1. The van der Waals surface area contributed by atoms with Gasteiger partial charge in [0.2, 0.25) is 0 Å². The first-order valence-electron chi connectivity index (χ1n) is 7.08. The number of alkyl halides is 3. The number of hydrogen-bond acceptors (Lipinski definition) is 2. The van der Waals surface area contributed by atoms with E-state index in [1.165, 1.54) is 6.07 Å². The summed E-state index contributed by atoms with van der Waals surface area (Å²) >= 11 is 0. The van der Waals surface area contributed by atoms with Gasteiger partial charge < -0.3 is 5.73 Å². The van der Waals surface area contributed by atoms with Gasteiger partial charge in [-0.2, -0.15) is 13.2 Å². The Hall–Kier alpha value is -1.14. The van der Waals surface area contributed by atoms with Crippen LogP contribution in [-0.2, 0) is 12.7 Å². The SMILES string of the molecule is CC1CCN(Cc2cc(F)cc(C(F)(F)F)c2)CC1CN. The van der Waals surface area contributed by atoms with E-state index in [9.17, 15) is 17.6 Å². The van der Waals surface area contributed by atoms with Crippen molar-refractivity contribution >= 4 is 0 Å². The van der Waals surface area contributed by atoms with Crippen molar-refractivity contribution in [3.63, 3.8) is 0 Å². The van der Waals surface area contributed by atoms with Crippen molar-refractivity contribution in [2.24, 2.45) is 17.6 Å². The van der Waals surface area contributed by atoms with Gasteiger partial charge in [-0.1, -0.05) is 6.92 Å². The minimum absolute atomic E-state index is 0.323. The average molecular weight is 304 g/mol. The van der Waals surface area contributed by atoms with Crippen molar-refractivity contribution in [3.8, 4) is 0 Å². The van der Waals surface area contributed by atoms with Gasteiger partial charge in [-0.15, -0.1) is 0 Å². The lowest BCUT2D eigenvalue weighted by Crippen LogP contribution is -2.42. The summed E-state index contributed by atoms with van der Waals surface area (Å²) in [5.74, 6) is 0.0134. The quantitative estimate of drug-likeness (QED) is 0.869. The van der Waals surface area contributed by atoms with Gasteiger partial charge >= 0.3 is 6.18 Å². The van der Waals surface area contributed by atoms with E-state index in [1.54, 1.807) is 0 Å². The molecule has 0 spiro atoms. The summed E-state index contributed by atoms with van der Waals surface area (Å²) in [6.07, 6.45) is -3.56. The van der Waals surface area contributed by atoms with Crippen LogP contribution in [0.25, 0.3) is 0 Å². The van der Waals surface area contributed by atoms with Crippen molar-refractivity contribution in [2.75, 3.05) is 19.6 Å². The molecule has 0 aliphatic carbocycles. The molecule has 1 aliphatic rings. The number of halogens is 4. The molecule has 0 aromatic heterocycles. The Bertz CT molecular complexity index is 487. The van der Waals surface area contributed by atoms with Gasteiger partial charge in [0.1, 0.15) is 5.82 Å². The lowest BCUT2D eigenvalue weighted by Gasteiger charge is -2.36. The lowest BCUT2D eigenvalue weighted by molar-refractivity contribution is -0.137. The smallest absolute Gasteiger partial charge is 0.330 e. The first-order valence-corrected chi connectivity index (χ1v) is 7.08. The molecule has 6 heteroatoms. The molecule has 21 heavy (non-hydrogen) atoms. The molecular formula is C15H20F4N2. The molecule has 118 valence electrons. The van der Waals surface area contributed by atoms with Crippen LogP contribution in [0.3, 0.4) is 0 Å².